The summed E-state index contributed by atoms with van der Waals surface area (Å²) in [4.78, 5) is 13.7. The first-order valence-corrected chi connectivity index (χ1v) is 8.14. The van der Waals surface area contributed by atoms with Crippen molar-refractivity contribution in [3.8, 4) is 5.75 Å². The van der Waals surface area contributed by atoms with E-state index in [2.05, 4.69) is 0 Å². The van der Waals surface area contributed by atoms with Gasteiger partial charge in [0.1, 0.15) is 17.4 Å². The van der Waals surface area contributed by atoms with Crippen LogP contribution in [0.2, 0.25) is 0 Å². The summed E-state index contributed by atoms with van der Waals surface area (Å²) < 4.78 is 44.0. The van der Waals surface area contributed by atoms with Gasteiger partial charge in [0.05, 0.1) is 5.56 Å². The summed E-state index contributed by atoms with van der Waals surface area (Å²) in [6.45, 7) is 1.03. The van der Waals surface area contributed by atoms with Crippen LogP contribution in [0, 0.1) is 0 Å². The minimum Gasteiger partial charge on any atom is -0.489 e. The summed E-state index contributed by atoms with van der Waals surface area (Å²) in [6.07, 6.45) is -1.05. The zero-order valence-corrected chi connectivity index (χ0v) is 13.2. The first-order chi connectivity index (χ1) is 11.3. The van der Waals surface area contributed by atoms with E-state index in [0.717, 1.165) is 25.0 Å². The van der Waals surface area contributed by atoms with Crippen molar-refractivity contribution >= 4 is 5.97 Å². The topological polar surface area (TPSA) is 49.8 Å². The molecule has 3 rings (SSSR count). The van der Waals surface area contributed by atoms with Crippen LogP contribution in [0.15, 0.2) is 24.3 Å². The van der Waals surface area contributed by atoms with Gasteiger partial charge >= 0.3 is 12.1 Å². The predicted octanol–water partition coefficient (Wildman–Crippen LogP) is 3.56. The molecule has 4 nitrogen and oxygen atoms in total. The van der Waals surface area contributed by atoms with E-state index in [9.17, 15) is 23.1 Å². The number of alkyl halides is 3. The van der Waals surface area contributed by atoms with Crippen molar-refractivity contribution in [2.75, 3.05) is 13.1 Å². The lowest BCUT2D eigenvalue weighted by atomic mass is 9.96. The van der Waals surface area contributed by atoms with E-state index in [4.69, 9.17) is 4.74 Å². The number of carbonyl (C=O) groups is 1. The van der Waals surface area contributed by atoms with Crippen LogP contribution in [-0.2, 0) is 11.0 Å². The van der Waals surface area contributed by atoms with Crippen LogP contribution in [-0.4, -0.2) is 40.7 Å². The Morgan fingerprint density at radius 3 is 2.62 bits per heavy atom. The van der Waals surface area contributed by atoms with Gasteiger partial charge < -0.3 is 9.84 Å². The average Bonchev–Trinajstić information content (AvgIpc) is 3.16. The van der Waals surface area contributed by atoms with Gasteiger partial charge in [-0.1, -0.05) is 18.9 Å². The number of likely N-dealkylation sites (tertiary alicyclic amines) is 1. The van der Waals surface area contributed by atoms with Gasteiger partial charge in [-0.25, -0.2) is 0 Å². The fourth-order valence-electron chi connectivity index (χ4n) is 3.78. The third-order valence-corrected chi connectivity index (χ3v) is 5.04. The Morgan fingerprint density at radius 2 is 2.00 bits per heavy atom. The van der Waals surface area contributed by atoms with Crippen molar-refractivity contribution < 1.29 is 27.8 Å². The minimum atomic E-state index is -4.40. The SMILES string of the molecule is O=C(O)C1(N2CC[C@@H](Oc3cccc(C(F)(F)F)c3)C2)CCCC1. The van der Waals surface area contributed by atoms with Gasteiger partial charge in [-0.15, -0.1) is 0 Å². The lowest BCUT2D eigenvalue weighted by molar-refractivity contribution is -0.151. The maximum Gasteiger partial charge on any atom is 0.416 e. The fourth-order valence-corrected chi connectivity index (χ4v) is 3.78. The van der Waals surface area contributed by atoms with Crippen molar-refractivity contribution in [2.24, 2.45) is 0 Å². The molecule has 1 aliphatic carbocycles. The molecule has 1 saturated heterocycles. The molecule has 24 heavy (non-hydrogen) atoms. The van der Waals surface area contributed by atoms with Gasteiger partial charge in [0.2, 0.25) is 0 Å². The molecule has 1 aromatic carbocycles. The Kier molecular flexibility index (Phi) is 4.46. The molecule has 0 spiro atoms. The Labute approximate surface area is 138 Å². The molecule has 1 atom stereocenters. The van der Waals surface area contributed by atoms with Crippen LogP contribution in [0.3, 0.4) is 0 Å². The Balaban J connectivity index is 1.68. The second-order valence-corrected chi connectivity index (χ2v) is 6.54. The molecule has 0 amide bonds. The Hall–Kier alpha value is -1.76. The van der Waals surface area contributed by atoms with Gasteiger partial charge in [-0.2, -0.15) is 13.2 Å². The van der Waals surface area contributed by atoms with Crippen molar-refractivity contribution in [3.63, 3.8) is 0 Å². The summed E-state index contributed by atoms with van der Waals surface area (Å²) in [5.41, 5.74) is -1.57. The van der Waals surface area contributed by atoms with E-state index >= 15 is 0 Å². The summed E-state index contributed by atoms with van der Waals surface area (Å²) in [6, 6.07) is 4.82. The second-order valence-electron chi connectivity index (χ2n) is 6.54. The van der Waals surface area contributed by atoms with E-state index < -0.39 is 23.2 Å². The summed E-state index contributed by atoms with van der Waals surface area (Å²) in [5, 5.41) is 9.62. The monoisotopic (exact) mass is 343 g/mol. The van der Waals surface area contributed by atoms with Crippen molar-refractivity contribution in [3.05, 3.63) is 29.8 Å². The lowest BCUT2D eigenvalue weighted by Crippen LogP contribution is -2.52. The predicted molar refractivity (Wildman–Crippen MR) is 80.9 cm³/mol. The first-order valence-electron chi connectivity index (χ1n) is 8.14. The molecule has 2 aliphatic rings. The van der Waals surface area contributed by atoms with Crippen LogP contribution < -0.4 is 4.74 Å². The summed E-state index contributed by atoms with van der Waals surface area (Å²) >= 11 is 0. The molecule has 132 valence electrons. The zero-order valence-electron chi connectivity index (χ0n) is 13.2. The maximum atomic E-state index is 12.8. The number of benzene rings is 1. The van der Waals surface area contributed by atoms with E-state index in [0.29, 0.717) is 32.4 Å². The molecule has 1 aliphatic heterocycles. The normalized spacial score (nSPS) is 24.2. The van der Waals surface area contributed by atoms with Crippen LogP contribution in [0.25, 0.3) is 0 Å². The molecular weight excluding hydrogens is 323 g/mol. The smallest absolute Gasteiger partial charge is 0.416 e. The van der Waals surface area contributed by atoms with E-state index in [1.807, 2.05) is 4.90 Å². The number of halogens is 3. The van der Waals surface area contributed by atoms with Crippen LogP contribution in [0.1, 0.15) is 37.7 Å². The fraction of sp³-hybridized carbons (Fsp3) is 0.588. The highest BCUT2D eigenvalue weighted by molar-refractivity contribution is 5.79. The lowest BCUT2D eigenvalue weighted by Gasteiger charge is -2.34. The highest BCUT2D eigenvalue weighted by atomic mass is 19.4. The third kappa shape index (κ3) is 3.22. The summed E-state index contributed by atoms with van der Waals surface area (Å²) in [5.74, 6) is -0.632. The molecule has 2 fully saturated rings. The molecule has 0 aromatic heterocycles. The largest absolute Gasteiger partial charge is 0.489 e. The van der Waals surface area contributed by atoms with Crippen LogP contribution in [0.4, 0.5) is 13.2 Å². The molecular formula is C17H20F3NO3. The Bertz CT molecular complexity index is 611. The standard InChI is InChI=1S/C17H20F3NO3/c18-17(19,20)12-4-3-5-13(10-12)24-14-6-9-21(11-14)16(15(22)23)7-1-2-8-16/h3-5,10,14H,1-2,6-9,11H2,(H,22,23)/t14-/m1/s1. The van der Waals surface area contributed by atoms with Gasteiger partial charge in [0, 0.05) is 13.1 Å². The first kappa shape index (κ1) is 17.1. The number of hydrogen-bond acceptors (Lipinski definition) is 3. The van der Waals surface area contributed by atoms with Gasteiger partial charge in [-0.05, 0) is 37.5 Å². The molecule has 1 N–H and O–H groups in total. The number of carboxylic acid groups (broad SMARTS) is 1. The molecule has 0 bridgehead atoms. The van der Waals surface area contributed by atoms with Crippen LogP contribution in [0.5, 0.6) is 5.75 Å². The van der Waals surface area contributed by atoms with E-state index in [1.165, 1.54) is 12.1 Å². The number of ether oxygens (including phenoxy) is 1. The van der Waals surface area contributed by atoms with Gasteiger partial charge in [-0.3, -0.25) is 9.69 Å². The molecule has 0 radical (unpaired) electrons. The zero-order chi connectivity index (χ0) is 17.4. The van der Waals surface area contributed by atoms with Crippen molar-refractivity contribution in [1.29, 1.82) is 0 Å². The van der Waals surface area contributed by atoms with Gasteiger partial charge in [0.15, 0.2) is 0 Å². The van der Waals surface area contributed by atoms with E-state index in [1.54, 1.807) is 0 Å². The van der Waals surface area contributed by atoms with Gasteiger partial charge in [0.25, 0.3) is 0 Å². The number of hydrogen-bond donors (Lipinski definition) is 1. The molecule has 1 aromatic rings. The van der Waals surface area contributed by atoms with Crippen molar-refractivity contribution in [2.45, 2.75) is 49.9 Å². The molecule has 1 heterocycles. The van der Waals surface area contributed by atoms with Crippen LogP contribution >= 0.6 is 0 Å². The highest BCUT2D eigenvalue weighted by Gasteiger charge is 2.49. The number of carboxylic acids is 1. The number of nitrogens with zero attached hydrogens (tertiary/aromatic N) is 1. The molecule has 7 heteroatoms. The third-order valence-electron chi connectivity index (χ3n) is 5.04. The quantitative estimate of drug-likeness (QED) is 0.908. The van der Waals surface area contributed by atoms with Crippen molar-refractivity contribution in [1.82, 2.24) is 4.90 Å². The Morgan fingerprint density at radius 1 is 1.29 bits per heavy atom. The van der Waals surface area contributed by atoms with E-state index in [-0.39, 0.29) is 11.9 Å². The maximum absolute atomic E-state index is 12.8. The molecule has 0 unspecified atom stereocenters. The molecule has 1 saturated carbocycles. The average molecular weight is 343 g/mol. The highest BCUT2D eigenvalue weighted by Crippen LogP contribution is 2.38. The minimum absolute atomic E-state index is 0.174. The number of aliphatic carboxylic acids is 1. The summed E-state index contributed by atoms with van der Waals surface area (Å²) in [7, 11) is 0. The second kappa shape index (κ2) is 6.27. The number of rotatable bonds is 4.